The van der Waals surface area contributed by atoms with Gasteiger partial charge in [-0.1, -0.05) is 36.4 Å². The molecule has 1 fully saturated rings. The average molecular weight is 700 g/mol. The predicted octanol–water partition coefficient (Wildman–Crippen LogP) is 6.68. The van der Waals surface area contributed by atoms with Gasteiger partial charge in [0.15, 0.2) is 17.7 Å². The Hall–Kier alpha value is -5.30. The molecule has 1 saturated heterocycles. The molecular weight excluding hydrogens is 666 g/mol. The third-order valence-electron chi connectivity index (χ3n) is 10.2. The Bertz CT molecular complexity index is 2220. The molecule has 5 heterocycles. The number of rotatable bonds is 6. The molecule has 8 rings (SSSR count). The molecule has 2 amide bonds. The highest BCUT2D eigenvalue weighted by atomic mass is 19.4. The van der Waals surface area contributed by atoms with E-state index in [0.29, 0.717) is 45.5 Å². The smallest absolute Gasteiger partial charge is 0.364 e. The monoisotopic (exact) mass is 699 g/mol. The Morgan fingerprint density at radius 1 is 0.922 bits per heavy atom. The lowest BCUT2D eigenvalue weighted by Crippen LogP contribution is -2.50. The van der Waals surface area contributed by atoms with Gasteiger partial charge in [-0.15, -0.1) is 0 Å². The number of amides is 2. The summed E-state index contributed by atoms with van der Waals surface area (Å²) >= 11 is 0. The van der Waals surface area contributed by atoms with E-state index in [1.165, 1.54) is 12.1 Å². The van der Waals surface area contributed by atoms with E-state index < -0.39 is 24.0 Å². The van der Waals surface area contributed by atoms with Crippen molar-refractivity contribution in [2.24, 2.45) is 5.92 Å². The van der Waals surface area contributed by atoms with Crippen molar-refractivity contribution in [3.8, 4) is 0 Å². The minimum Gasteiger partial charge on any atom is -0.364 e. The molecule has 1 atom stereocenters. The second kappa shape index (κ2) is 12.8. The number of allylic oxidation sites excluding steroid dienone is 2. The highest BCUT2D eigenvalue weighted by Crippen LogP contribution is 2.41. The standard InChI is InChI=1S/C38H33F4N5O4/c39-26-16-25-20-46(37(50)44-12-9-24(10-13-44)36(38(40,41)42)51-22-23-6-2-1-3-7-23)15-14-45-21-28(27(17-26)35(25)45)33-30(48)18-31(49)34(33)29-19-43-32-8-4-5-11-47(29)32/h1-8,11,16-17,19,21,24,36H,9-10,12-15,18,20,22H2. The Kier molecular flexibility index (Phi) is 8.24. The van der Waals surface area contributed by atoms with Crippen LogP contribution >= 0.6 is 0 Å². The summed E-state index contributed by atoms with van der Waals surface area (Å²) in [6.45, 7) is 0.732. The highest BCUT2D eigenvalue weighted by Gasteiger charge is 2.47. The van der Waals surface area contributed by atoms with E-state index in [1.807, 2.05) is 10.6 Å². The highest BCUT2D eigenvalue weighted by molar-refractivity contribution is 6.51. The molecule has 0 N–H and O–H groups in total. The van der Waals surface area contributed by atoms with Gasteiger partial charge >= 0.3 is 12.2 Å². The van der Waals surface area contributed by atoms with Gasteiger partial charge in [-0.05, 0) is 54.2 Å². The fourth-order valence-electron chi connectivity index (χ4n) is 7.79. The summed E-state index contributed by atoms with van der Waals surface area (Å²) in [7, 11) is 0. The number of halogens is 4. The van der Waals surface area contributed by atoms with Crippen LogP contribution in [0.1, 0.15) is 41.6 Å². The van der Waals surface area contributed by atoms with Crippen LogP contribution < -0.4 is 0 Å². The zero-order chi connectivity index (χ0) is 35.4. The van der Waals surface area contributed by atoms with E-state index in [2.05, 4.69) is 4.98 Å². The van der Waals surface area contributed by atoms with Gasteiger partial charge < -0.3 is 19.1 Å². The van der Waals surface area contributed by atoms with Gasteiger partial charge in [-0.25, -0.2) is 14.2 Å². The molecular formula is C38H33F4N5O4. The zero-order valence-electron chi connectivity index (χ0n) is 27.4. The Labute approximate surface area is 289 Å². The van der Waals surface area contributed by atoms with Crippen LogP contribution in [0.2, 0.25) is 0 Å². The van der Waals surface area contributed by atoms with Crippen molar-refractivity contribution in [2.45, 2.75) is 51.2 Å². The number of aromatic nitrogens is 3. The molecule has 9 nitrogen and oxygen atoms in total. The SMILES string of the molecule is O=C1CC(=O)C(c2cnc3ccccn23)=C1c1cn2c3c(cc(F)cc13)CN(C(=O)N1CCC(C(OCc3ccccc3)C(F)(F)F)CC1)CC2. The van der Waals surface area contributed by atoms with Gasteiger partial charge in [0.05, 0.1) is 36.0 Å². The number of pyridine rings is 1. The number of likely N-dealkylation sites (tertiary alicyclic amines) is 1. The van der Waals surface area contributed by atoms with E-state index in [9.17, 15) is 27.6 Å². The molecule has 1 unspecified atom stereocenters. The summed E-state index contributed by atoms with van der Waals surface area (Å²) in [4.78, 5) is 48.0. The lowest BCUT2D eigenvalue weighted by Gasteiger charge is -2.38. The van der Waals surface area contributed by atoms with Gasteiger partial charge in [0.25, 0.3) is 0 Å². The third kappa shape index (κ3) is 5.98. The van der Waals surface area contributed by atoms with Crippen molar-refractivity contribution in [3.05, 3.63) is 107 Å². The number of ketones is 2. The molecule has 262 valence electrons. The van der Waals surface area contributed by atoms with Crippen molar-refractivity contribution >= 4 is 45.3 Å². The van der Waals surface area contributed by atoms with Gasteiger partial charge in [-0.2, -0.15) is 13.2 Å². The summed E-state index contributed by atoms with van der Waals surface area (Å²) in [5.74, 6) is -2.06. The Balaban J connectivity index is 1.04. The summed E-state index contributed by atoms with van der Waals surface area (Å²) in [6, 6.07) is 16.5. The summed E-state index contributed by atoms with van der Waals surface area (Å²) in [5.41, 5.74) is 3.81. The van der Waals surface area contributed by atoms with Crippen LogP contribution in [0.25, 0.3) is 27.7 Å². The number of benzene rings is 2. The number of Topliss-reactive ketones (excluding diaryl/α,β-unsaturated/α-hetero) is 2. The van der Waals surface area contributed by atoms with E-state index >= 15 is 4.39 Å². The van der Waals surface area contributed by atoms with Crippen LogP contribution in [0.5, 0.6) is 0 Å². The minimum atomic E-state index is -4.55. The Morgan fingerprint density at radius 3 is 2.43 bits per heavy atom. The number of imidazole rings is 1. The second-order valence-electron chi connectivity index (χ2n) is 13.3. The van der Waals surface area contributed by atoms with Crippen LogP contribution in [0.4, 0.5) is 22.4 Å². The summed E-state index contributed by atoms with van der Waals surface area (Å²) in [5, 5.41) is 0.457. The Morgan fingerprint density at radius 2 is 1.67 bits per heavy atom. The molecule has 13 heteroatoms. The normalized spacial score (nSPS) is 18.0. The van der Waals surface area contributed by atoms with Crippen LogP contribution in [-0.2, 0) is 34.0 Å². The third-order valence-corrected chi connectivity index (χ3v) is 10.2. The van der Waals surface area contributed by atoms with Crippen LogP contribution in [-0.4, -0.2) is 73.3 Å². The average Bonchev–Trinajstić information content (AvgIpc) is 3.74. The first kappa shape index (κ1) is 32.9. The fraction of sp³-hybridized carbons (Fsp3) is 0.316. The number of nitrogens with zero attached hydrogens (tertiary/aromatic N) is 5. The number of ether oxygens (including phenoxy) is 1. The lowest BCUT2D eigenvalue weighted by atomic mass is 9.90. The van der Waals surface area contributed by atoms with Gasteiger partial charge in [0, 0.05) is 61.6 Å². The van der Waals surface area contributed by atoms with Crippen molar-refractivity contribution < 1.29 is 36.7 Å². The van der Waals surface area contributed by atoms with Gasteiger partial charge in [0.2, 0.25) is 0 Å². The van der Waals surface area contributed by atoms with E-state index in [1.54, 1.807) is 75.3 Å². The number of alkyl halides is 3. The maximum absolute atomic E-state index is 15.3. The lowest BCUT2D eigenvalue weighted by molar-refractivity contribution is -0.243. The van der Waals surface area contributed by atoms with Gasteiger partial charge in [-0.3, -0.25) is 14.0 Å². The molecule has 0 saturated carbocycles. The van der Waals surface area contributed by atoms with E-state index in [-0.39, 0.29) is 80.8 Å². The fourth-order valence-corrected chi connectivity index (χ4v) is 7.79. The molecule has 2 aliphatic heterocycles. The van der Waals surface area contributed by atoms with Crippen molar-refractivity contribution in [1.82, 2.24) is 23.8 Å². The first-order valence-electron chi connectivity index (χ1n) is 16.9. The molecule has 0 spiro atoms. The van der Waals surface area contributed by atoms with Crippen molar-refractivity contribution in [1.29, 1.82) is 0 Å². The van der Waals surface area contributed by atoms with E-state index in [0.717, 1.165) is 0 Å². The summed E-state index contributed by atoms with van der Waals surface area (Å²) in [6.07, 6.45) is -1.48. The van der Waals surface area contributed by atoms with Gasteiger partial charge in [0.1, 0.15) is 11.5 Å². The van der Waals surface area contributed by atoms with Crippen molar-refractivity contribution in [3.63, 3.8) is 0 Å². The number of fused-ring (bicyclic) bond motifs is 1. The number of piperidine rings is 1. The molecule has 3 aliphatic rings. The van der Waals surface area contributed by atoms with Crippen LogP contribution in [0.15, 0.2) is 79.3 Å². The first-order chi connectivity index (χ1) is 24.6. The number of carbonyl (C=O) groups excluding carboxylic acids is 3. The molecule has 0 radical (unpaired) electrons. The summed E-state index contributed by atoms with van der Waals surface area (Å²) < 4.78 is 66.6. The number of urea groups is 1. The second-order valence-corrected chi connectivity index (χ2v) is 13.3. The zero-order valence-corrected chi connectivity index (χ0v) is 27.4. The molecule has 2 aromatic carbocycles. The maximum atomic E-state index is 15.3. The quantitative estimate of drug-likeness (QED) is 0.146. The molecule has 5 aromatic rings. The molecule has 0 bridgehead atoms. The number of carbonyl (C=O) groups is 3. The maximum Gasteiger partial charge on any atom is 0.414 e. The minimum absolute atomic E-state index is 0.0634. The molecule has 51 heavy (non-hydrogen) atoms. The predicted molar refractivity (Wildman–Crippen MR) is 180 cm³/mol. The molecule has 3 aromatic heterocycles. The number of hydrogen-bond acceptors (Lipinski definition) is 5. The molecule has 1 aliphatic carbocycles. The topological polar surface area (TPSA) is 89.2 Å². The van der Waals surface area contributed by atoms with Crippen LogP contribution in [0.3, 0.4) is 0 Å². The van der Waals surface area contributed by atoms with Crippen molar-refractivity contribution in [2.75, 3.05) is 19.6 Å². The van der Waals surface area contributed by atoms with E-state index in [4.69, 9.17) is 4.74 Å². The first-order valence-corrected chi connectivity index (χ1v) is 16.9. The largest absolute Gasteiger partial charge is 0.414 e. The van der Waals surface area contributed by atoms with Crippen LogP contribution in [0, 0.1) is 11.7 Å². The number of hydrogen-bond donors (Lipinski definition) is 0.